The number of hydrogen-bond donors (Lipinski definition) is 0. The van der Waals surface area contributed by atoms with E-state index >= 15 is 0 Å². The van der Waals surface area contributed by atoms with Crippen molar-refractivity contribution in [3.8, 4) is 0 Å². The second-order valence-electron chi connectivity index (χ2n) is 3.97. The van der Waals surface area contributed by atoms with E-state index in [2.05, 4.69) is 44.8 Å². The molecule has 2 aliphatic heterocycles. The molecule has 0 N–H and O–H groups in total. The quantitative estimate of drug-likeness (QED) is 0.480. The number of nitrogens with zero attached hydrogens (tertiary/aromatic N) is 2. The minimum Gasteiger partial charge on any atom is -0.306 e. The fourth-order valence-electron chi connectivity index (χ4n) is 2.46. The summed E-state index contributed by atoms with van der Waals surface area (Å²) < 4.78 is 2.47. The van der Waals surface area contributed by atoms with Crippen LogP contribution in [0, 0.1) is 11.8 Å². The van der Waals surface area contributed by atoms with E-state index in [9.17, 15) is 0 Å². The Bertz CT molecular complexity index is 162. The van der Waals surface area contributed by atoms with Gasteiger partial charge in [0.25, 0.3) is 0 Å². The summed E-state index contributed by atoms with van der Waals surface area (Å²) in [6.45, 7) is 6.28. The Kier molecular flexibility index (Phi) is 2.14. The van der Waals surface area contributed by atoms with E-state index in [-0.39, 0.29) is 0 Å². The monoisotopic (exact) mass is 266 g/mol. The lowest BCUT2D eigenvalue weighted by molar-refractivity contribution is 0.333. The molecule has 0 aromatic heterocycles. The Labute approximate surface area is 82.4 Å². The summed E-state index contributed by atoms with van der Waals surface area (Å²) in [5.41, 5.74) is 0. The minimum atomic E-state index is 0.797. The average Bonchev–Trinajstić information content (AvgIpc) is 2.37. The molecule has 2 fully saturated rings. The van der Waals surface area contributed by atoms with Crippen molar-refractivity contribution in [2.24, 2.45) is 11.8 Å². The van der Waals surface area contributed by atoms with Crippen molar-refractivity contribution in [2.45, 2.75) is 13.0 Å². The molecule has 0 aliphatic carbocycles. The van der Waals surface area contributed by atoms with Crippen LogP contribution in [-0.2, 0) is 0 Å². The number of halogens is 1. The molecule has 2 saturated heterocycles. The highest BCUT2D eigenvalue weighted by Crippen LogP contribution is 2.36. The maximum atomic E-state index is 2.47. The Morgan fingerprint density at radius 2 is 2.00 bits per heavy atom. The van der Waals surface area contributed by atoms with Gasteiger partial charge < -0.3 is 4.90 Å². The van der Waals surface area contributed by atoms with E-state index in [1.165, 1.54) is 19.6 Å². The molecular weight excluding hydrogens is 251 g/mol. The molecule has 0 bridgehead atoms. The molecule has 2 nitrogen and oxygen atoms in total. The van der Waals surface area contributed by atoms with Gasteiger partial charge in [-0.2, -0.15) is 0 Å². The first-order valence-corrected chi connectivity index (χ1v) is 5.26. The second-order valence-corrected chi connectivity index (χ2v) is 5.21. The summed E-state index contributed by atoms with van der Waals surface area (Å²) in [7, 11) is 2.24. The zero-order valence-electron chi connectivity index (χ0n) is 7.13. The summed E-state index contributed by atoms with van der Waals surface area (Å²) in [5, 5.41) is 0. The summed E-state index contributed by atoms with van der Waals surface area (Å²) in [5.74, 6) is 1.89. The molecule has 0 saturated carbocycles. The lowest BCUT2D eigenvalue weighted by Crippen LogP contribution is -2.26. The Balaban J connectivity index is 2.07. The molecule has 0 spiro atoms. The summed E-state index contributed by atoms with van der Waals surface area (Å²) in [4.78, 5) is 2.47. The zero-order chi connectivity index (χ0) is 8.01. The van der Waals surface area contributed by atoms with Crippen molar-refractivity contribution < 1.29 is 0 Å². The first-order chi connectivity index (χ1) is 5.18. The van der Waals surface area contributed by atoms with E-state index in [4.69, 9.17) is 0 Å². The van der Waals surface area contributed by atoms with Crippen LogP contribution in [0.3, 0.4) is 0 Å². The summed E-state index contributed by atoms with van der Waals surface area (Å²) in [6, 6.07) is 0.797. The van der Waals surface area contributed by atoms with Crippen molar-refractivity contribution in [3.63, 3.8) is 0 Å². The van der Waals surface area contributed by atoms with Gasteiger partial charge in [0.15, 0.2) is 0 Å². The Morgan fingerprint density at radius 3 is 2.64 bits per heavy atom. The first kappa shape index (κ1) is 8.26. The van der Waals surface area contributed by atoms with E-state index in [1.54, 1.807) is 0 Å². The summed E-state index contributed by atoms with van der Waals surface area (Å²) in [6.07, 6.45) is 0. The number of hydrogen-bond acceptors (Lipinski definition) is 2. The van der Waals surface area contributed by atoms with Crippen LogP contribution in [0.25, 0.3) is 0 Å². The molecule has 2 rings (SSSR count). The van der Waals surface area contributed by atoms with Crippen molar-refractivity contribution in [2.75, 3.05) is 26.7 Å². The normalized spacial score (nSPS) is 46.6. The van der Waals surface area contributed by atoms with Crippen molar-refractivity contribution in [1.29, 1.82) is 0 Å². The number of likely N-dealkylation sites (tertiary alicyclic amines) is 1. The van der Waals surface area contributed by atoms with Crippen molar-refractivity contribution >= 4 is 22.9 Å². The molecular formula is C8H15IN2. The van der Waals surface area contributed by atoms with Gasteiger partial charge in [0, 0.05) is 48.5 Å². The van der Waals surface area contributed by atoms with Crippen LogP contribution in [0.2, 0.25) is 0 Å². The largest absolute Gasteiger partial charge is 0.306 e. The molecule has 2 aliphatic rings. The van der Waals surface area contributed by atoms with E-state index < -0.39 is 0 Å². The predicted molar refractivity (Wildman–Crippen MR) is 54.7 cm³/mol. The van der Waals surface area contributed by atoms with Crippen LogP contribution < -0.4 is 0 Å². The number of fused-ring (bicyclic) bond motifs is 1. The third-order valence-electron chi connectivity index (χ3n) is 3.14. The van der Waals surface area contributed by atoms with Gasteiger partial charge in [-0.3, -0.25) is 0 Å². The SMILES string of the molecule is CC1[C@H]2CN(C)C[C@H]2CN1I. The van der Waals surface area contributed by atoms with Gasteiger partial charge in [-0.05, 0) is 25.8 Å². The predicted octanol–water partition coefficient (Wildman–Crippen LogP) is 1.22. The maximum absolute atomic E-state index is 2.47. The van der Waals surface area contributed by atoms with Gasteiger partial charge in [-0.25, -0.2) is 3.11 Å². The van der Waals surface area contributed by atoms with Crippen molar-refractivity contribution in [1.82, 2.24) is 8.01 Å². The van der Waals surface area contributed by atoms with Gasteiger partial charge in [-0.15, -0.1) is 0 Å². The van der Waals surface area contributed by atoms with Gasteiger partial charge in [-0.1, -0.05) is 0 Å². The zero-order valence-corrected chi connectivity index (χ0v) is 9.28. The third kappa shape index (κ3) is 1.31. The van der Waals surface area contributed by atoms with Gasteiger partial charge >= 0.3 is 0 Å². The van der Waals surface area contributed by atoms with Crippen LogP contribution >= 0.6 is 22.9 Å². The standard InChI is InChI=1S/C8H15IN2/c1-6-8-5-10(2)3-7(8)4-11(6)9/h6-8H,3-5H2,1-2H3/t6?,7-,8+/m0/s1. The van der Waals surface area contributed by atoms with Crippen molar-refractivity contribution in [3.05, 3.63) is 0 Å². The highest BCUT2D eigenvalue weighted by molar-refractivity contribution is 14.1. The molecule has 64 valence electrons. The topological polar surface area (TPSA) is 6.48 Å². The molecule has 3 atom stereocenters. The van der Waals surface area contributed by atoms with E-state index in [0.29, 0.717) is 0 Å². The molecule has 0 aromatic rings. The molecule has 3 heteroatoms. The fraction of sp³-hybridized carbons (Fsp3) is 1.00. The highest BCUT2D eigenvalue weighted by atomic mass is 127. The van der Waals surface area contributed by atoms with Gasteiger partial charge in [0.05, 0.1) is 0 Å². The van der Waals surface area contributed by atoms with Crippen LogP contribution in [0.5, 0.6) is 0 Å². The number of rotatable bonds is 0. The van der Waals surface area contributed by atoms with E-state index in [1.807, 2.05) is 0 Å². The van der Waals surface area contributed by atoms with E-state index in [0.717, 1.165) is 17.9 Å². The van der Waals surface area contributed by atoms with Crippen LogP contribution in [0.4, 0.5) is 0 Å². The maximum Gasteiger partial charge on any atom is 0.0210 e. The molecule has 2 heterocycles. The fourth-order valence-corrected chi connectivity index (χ4v) is 3.38. The second kappa shape index (κ2) is 2.85. The van der Waals surface area contributed by atoms with Crippen LogP contribution in [-0.4, -0.2) is 40.7 Å². The van der Waals surface area contributed by atoms with Gasteiger partial charge in [0.2, 0.25) is 0 Å². The molecule has 1 unspecified atom stereocenters. The Morgan fingerprint density at radius 1 is 1.27 bits per heavy atom. The smallest absolute Gasteiger partial charge is 0.0210 e. The molecule has 0 radical (unpaired) electrons. The average molecular weight is 266 g/mol. The lowest BCUT2D eigenvalue weighted by atomic mass is 9.95. The molecule has 0 amide bonds. The Hall–Kier alpha value is 0.650. The van der Waals surface area contributed by atoms with Crippen LogP contribution in [0.15, 0.2) is 0 Å². The van der Waals surface area contributed by atoms with Gasteiger partial charge in [0.1, 0.15) is 0 Å². The minimum absolute atomic E-state index is 0.797. The first-order valence-electron chi connectivity index (χ1n) is 4.29. The lowest BCUT2D eigenvalue weighted by Gasteiger charge is -2.18. The summed E-state index contributed by atoms with van der Waals surface area (Å²) >= 11 is 2.47. The molecule has 0 aromatic carbocycles. The third-order valence-corrected chi connectivity index (χ3v) is 4.42. The van der Waals surface area contributed by atoms with Crippen LogP contribution in [0.1, 0.15) is 6.92 Å². The molecule has 11 heavy (non-hydrogen) atoms. The highest BCUT2D eigenvalue weighted by Gasteiger charge is 2.42.